The number of nitrogens with zero attached hydrogens (tertiary/aromatic N) is 1. The Morgan fingerprint density at radius 3 is 2.40 bits per heavy atom. The molecule has 2 aliphatic rings. The van der Waals surface area contributed by atoms with E-state index in [2.05, 4.69) is 0 Å². The van der Waals surface area contributed by atoms with Gasteiger partial charge in [0.15, 0.2) is 0 Å². The fraction of sp³-hybridized carbons (Fsp3) is 0.900. The lowest BCUT2D eigenvalue weighted by Gasteiger charge is -2.50. The van der Waals surface area contributed by atoms with E-state index in [0.29, 0.717) is 19.3 Å². The predicted molar refractivity (Wildman–Crippen MR) is 48.2 cm³/mol. The van der Waals surface area contributed by atoms with Crippen molar-refractivity contribution in [2.75, 3.05) is 6.54 Å². The number of hydrogen-bond donors (Lipinski definition) is 0. The van der Waals surface area contributed by atoms with Crippen molar-refractivity contribution in [2.45, 2.75) is 50.2 Å². The molecule has 0 aromatic carbocycles. The van der Waals surface area contributed by atoms with Crippen molar-refractivity contribution in [3.8, 4) is 0 Å². The van der Waals surface area contributed by atoms with Crippen LogP contribution in [0.15, 0.2) is 0 Å². The molecule has 0 saturated carbocycles. The molecule has 0 spiro atoms. The SMILES string of the molecule is O=C1CCCC2(C(F)(F)F)CCCCN12. The van der Waals surface area contributed by atoms with E-state index >= 15 is 0 Å². The maximum Gasteiger partial charge on any atom is 0.411 e. The molecule has 0 N–H and O–H groups in total. The minimum atomic E-state index is -4.27. The number of amides is 1. The highest BCUT2D eigenvalue weighted by atomic mass is 19.4. The fourth-order valence-electron chi connectivity index (χ4n) is 2.76. The molecule has 2 fully saturated rings. The van der Waals surface area contributed by atoms with Gasteiger partial charge in [-0.25, -0.2) is 0 Å². The van der Waals surface area contributed by atoms with Crippen molar-refractivity contribution < 1.29 is 18.0 Å². The minimum Gasteiger partial charge on any atom is -0.328 e. The Bertz CT molecular complexity index is 272. The molecule has 2 nitrogen and oxygen atoms in total. The van der Waals surface area contributed by atoms with Crippen molar-refractivity contribution in [1.82, 2.24) is 4.90 Å². The molecule has 1 atom stereocenters. The highest BCUT2D eigenvalue weighted by molar-refractivity contribution is 5.78. The molecule has 2 saturated heterocycles. The first-order valence-corrected chi connectivity index (χ1v) is 5.35. The number of rotatable bonds is 0. The molecular weight excluding hydrogens is 207 g/mol. The molecule has 86 valence electrons. The monoisotopic (exact) mass is 221 g/mol. The topological polar surface area (TPSA) is 20.3 Å². The van der Waals surface area contributed by atoms with Crippen molar-refractivity contribution >= 4 is 5.91 Å². The van der Waals surface area contributed by atoms with E-state index < -0.39 is 11.7 Å². The number of carbonyl (C=O) groups excluding carboxylic acids is 1. The average molecular weight is 221 g/mol. The third-order valence-corrected chi connectivity index (χ3v) is 3.55. The third kappa shape index (κ3) is 1.52. The third-order valence-electron chi connectivity index (χ3n) is 3.55. The molecule has 2 heterocycles. The molecule has 1 amide bonds. The standard InChI is InChI=1S/C10H14F3NO/c11-10(12,13)9-5-1-2-7-14(9)8(15)4-3-6-9/h1-7H2. The largest absolute Gasteiger partial charge is 0.411 e. The van der Waals surface area contributed by atoms with E-state index in [1.165, 1.54) is 0 Å². The van der Waals surface area contributed by atoms with E-state index in [1.807, 2.05) is 0 Å². The zero-order chi connectivity index (χ0) is 11.1. The lowest BCUT2D eigenvalue weighted by atomic mass is 9.78. The molecular formula is C10H14F3NO. The summed E-state index contributed by atoms with van der Waals surface area (Å²) < 4.78 is 39.1. The zero-order valence-corrected chi connectivity index (χ0v) is 8.44. The van der Waals surface area contributed by atoms with Crippen molar-refractivity contribution in [1.29, 1.82) is 0 Å². The van der Waals surface area contributed by atoms with E-state index in [-0.39, 0.29) is 31.7 Å². The number of carbonyl (C=O) groups is 1. The van der Waals surface area contributed by atoms with Crippen molar-refractivity contribution in [3.05, 3.63) is 0 Å². The Morgan fingerprint density at radius 2 is 1.80 bits per heavy atom. The Balaban J connectivity index is 2.34. The summed E-state index contributed by atoms with van der Waals surface area (Å²) >= 11 is 0. The van der Waals surface area contributed by atoms with Crippen LogP contribution in [0.1, 0.15) is 38.5 Å². The second kappa shape index (κ2) is 3.39. The second-order valence-electron chi connectivity index (χ2n) is 4.39. The van der Waals surface area contributed by atoms with E-state index in [9.17, 15) is 18.0 Å². The van der Waals surface area contributed by atoms with Gasteiger partial charge in [-0.1, -0.05) is 0 Å². The van der Waals surface area contributed by atoms with Crippen LogP contribution < -0.4 is 0 Å². The van der Waals surface area contributed by atoms with E-state index in [4.69, 9.17) is 0 Å². The quantitative estimate of drug-likeness (QED) is 0.615. The van der Waals surface area contributed by atoms with Gasteiger partial charge in [0.25, 0.3) is 0 Å². The summed E-state index contributed by atoms with van der Waals surface area (Å²) in [6, 6.07) is 0. The molecule has 2 rings (SSSR count). The lowest BCUT2D eigenvalue weighted by Crippen LogP contribution is -2.64. The Hall–Kier alpha value is -0.740. The first kappa shape index (κ1) is 10.8. The maximum absolute atomic E-state index is 13.0. The van der Waals surface area contributed by atoms with Crippen LogP contribution in [-0.2, 0) is 4.79 Å². The van der Waals surface area contributed by atoms with E-state index in [0.717, 1.165) is 4.90 Å². The van der Waals surface area contributed by atoms with Gasteiger partial charge in [-0.2, -0.15) is 13.2 Å². The number of piperidine rings is 2. The second-order valence-corrected chi connectivity index (χ2v) is 4.39. The summed E-state index contributed by atoms with van der Waals surface area (Å²) in [4.78, 5) is 12.6. The molecule has 0 aliphatic carbocycles. The number of fused-ring (bicyclic) bond motifs is 1. The van der Waals surface area contributed by atoms with Gasteiger partial charge in [0.1, 0.15) is 5.54 Å². The normalized spacial score (nSPS) is 32.7. The van der Waals surface area contributed by atoms with Crippen LogP contribution in [-0.4, -0.2) is 29.1 Å². The highest BCUT2D eigenvalue weighted by Gasteiger charge is 2.60. The summed E-state index contributed by atoms with van der Waals surface area (Å²) in [7, 11) is 0. The summed E-state index contributed by atoms with van der Waals surface area (Å²) in [5, 5.41) is 0. The smallest absolute Gasteiger partial charge is 0.328 e. The van der Waals surface area contributed by atoms with Gasteiger partial charge in [0.2, 0.25) is 5.91 Å². The van der Waals surface area contributed by atoms with Gasteiger partial charge in [0, 0.05) is 13.0 Å². The maximum atomic E-state index is 13.0. The van der Waals surface area contributed by atoms with Crippen LogP contribution in [0, 0.1) is 0 Å². The van der Waals surface area contributed by atoms with Crippen molar-refractivity contribution in [2.24, 2.45) is 0 Å². The van der Waals surface area contributed by atoms with Crippen LogP contribution in [0.25, 0.3) is 0 Å². The highest BCUT2D eigenvalue weighted by Crippen LogP contribution is 2.47. The first-order valence-electron chi connectivity index (χ1n) is 5.35. The first-order chi connectivity index (χ1) is 6.97. The fourth-order valence-corrected chi connectivity index (χ4v) is 2.76. The lowest BCUT2D eigenvalue weighted by molar-refractivity contribution is -0.248. The molecule has 0 aromatic heterocycles. The minimum absolute atomic E-state index is 0.0856. The van der Waals surface area contributed by atoms with Gasteiger partial charge in [0.05, 0.1) is 0 Å². The Morgan fingerprint density at radius 1 is 1.13 bits per heavy atom. The number of halogens is 3. The van der Waals surface area contributed by atoms with Gasteiger partial charge in [-0.3, -0.25) is 4.79 Å². The Labute approximate surface area is 86.4 Å². The molecule has 2 aliphatic heterocycles. The molecule has 5 heteroatoms. The number of hydrogen-bond acceptors (Lipinski definition) is 1. The van der Waals surface area contributed by atoms with Gasteiger partial charge < -0.3 is 4.90 Å². The zero-order valence-electron chi connectivity index (χ0n) is 8.44. The van der Waals surface area contributed by atoms with Gasteiger partial charge >= 0.3 is 6.18 Å². The van der Waals surface area contributed by atoms with Crippen LogP contribution in [0.5, 0.6) is 0 Å². The number of alkyl halides is 3. The molecule has 1 unspecified atom stereocenters. The molecule has 15 heavy (non-hydrogen) atoms. The van der Waals surface area contributed by atoms with Crippen molar-refractivity contribution in [3.63, 3.8) is 0 Å². The molecule has 0 bridgehead atoms. The van der Waals surface area contributed by atoms with E-state index in [1.54, 1.807) is 0 Å². The average Bonchev–Trinajstić information content (AvgIpc) is 2.17. The van der Waals surface area contributed by atoms with Gasteiger partial charge in [-0.05, 0) is 32.1 Å². The summed E-state index contributed by atoms with van der Waals surface area (Å²) in [5.41, 5.74) is -1.83. The molecule has 0 aromatic rings. The van der Waals surface area contributed by atoms with Crippen LogP contribution in [0.3, 0.4) is 0 Å². The Kier molecular flexibility index (Phi) is 2.43. The van der Waals surface area contributed by atoms with Crippen LogP contribution in [0.2, 0.25) is 0 Å². The van der Waals surface area contributed by atoms with Crippen LogP contribution in [0.4, 0.5) is 13.2 Å². The van der Waals surface area contributed by atoms with Gasteiger partial charge in [-0.15, -0.1) is 0 Å². The summed E-state index contributed by atoms with van der Waals surface area (Å²) in [6.45, 7) is 0.276. The molecule has 0 radical (unpaired) electrons. The summed E-state index contributed by atoms with van der Waals surface area (Å²) in [5.74, 6) is -0.321. The predicted octanol–water partition coefficient (Wildman–Crippen LogP) is 2.48. The summed E-state index contributed by atoms with van der Waals surface area (Å²) in [6.07, 6.45) is -2.19. The van der Waals surface area contributed by atoms with Crippen LogP contribution >= 0.6 is 0 Å².